The maximum Gasteiger partial charge on any atom is 0.143 e. The van der Waals surface area contributed by atoms with E-state index in [-0.39, 0.29) is 6.61 Å². The highest BCUT2D eigenvalue weighted by Gasteiger charge is 2.38. The van der Waals surface area contributed by atoms with Crippen LogP contribution in [0.1, 0.15) is 16.7 Å². The Hall–Kier alpha value is -2.90. The van der Waals surface area contributed by atoms with Crippen LogP contribution in [0.2, 0.25) is 0 Å². The average molecular weight is 477 g/mol. The number of rotatable bonds is 11. The van der Waals surface area contributed by atoms with Crippen molar-refractivity contribution in [2.24, 2.45) is 0 Å². The molecule has 0 aliphatic carbocycles. The van der Waals surface area contributed by atoms with Crippen molar-refractivity contribution < 1.29 is 19.3 Å². The number of piperazine rings is 1. The third-order valence-corrected chi connectivity index (χ3v) is 6.78. The number of methoxy groups -OCH3 is 2. The van der Waals surface area contributed by atoms with E-state index in [1.54, 1.807) is 14.2 Å². The topological polar surface area (TPSA) is 54.4 Å². The molecule has 3 aromatic rings. The minimum Gasteiger partial charge on any atom is -0.497 e. The molecule has 0 spiro atoms. The third-order valence-electron chi connectivity index (χ3n) is 6.78. The van der Waals surface area contributed by atoms with Gasteiger partial charge in [-0.2, -0.15) is 0 Å². The van der Waals surface area contributed by atoms with Crippen molar-refractivity contribution in [3.63, 3.8) is 0 Å². The Morgan fingerprint density at radius 1 is 0.657 bits per heavy atom. The van der Waals surface area contributed by atoms with Crippen LogP contribution < -0.4 is 9.47 Å². The Morgan fingerprint density at radius 3 is 1.57 bits per heavy atom. The van der Waals surface area contributed by atoms with Gasteiger partial charge < -0.3 is 19.3 Å². The first-order valence-electron chi connectivity index (χ1n) is 12.2. The maximum atomic E-state index is 9.22. The smallest absolute Gasteiger partial charge is 0.143 e. The van der Waals surface area contributed by atoms with E-state index in [2.05, 4.69) is 58.3 Å². The zero-order valence-electron chi connectivity index (χ0n) is 20.7. The number of β-amino-alcohol motifs (C(OH)–C–C–N with tert-alkyl or cyclic N) is 1. The second kappa shape index (κ2) is 12.2. The molecular weight excluding hydrogens is 440 g/mol. The molecular formula is C29H36N2O4. The predicted octanol–water partition coefficient (Wildman–Crippen LogP) is 3.62. The first-order valence-corrected chi connectivity index (χ1v) is 12.2. The van der Waals surface area contributed by atoms with E-state index in [0.29, 0.717) is 6.61 Å². The van der Waals surface area contributed by atoms with Gasteiger partial charge in [-0.25, -0.2) is 0 Å². The fourth-order valence-corrected chi connectivity index (χ4v) is 4.78. The quantitative estimate of drug-likeness (QED) is 0.427. The molecule has 1 aliphatic heterocycles. The van der Waals surface area contributed by atoms with Crippen LogP contribution in [0.5, 0.6) is 11.5 Å². The van der Waals surface area contributed by atoms with Crippen molar-refractivity contribution in [2.45, 2.75) is 5.60 Å². The first-order chi connectivity index (χ1) is 17.2. The van der Waals surface area contributed by atoms with Gasteiger partial charge in [-0.1, -0.05) is 54.6 Å². The third kappa shape index (κ3) is 5.85. The summed E-state index contributed by atoms with van der Waals surface area (Å²) in [7, 11) is 3.36. The maximum absolute atomic E-state index is 9.22. The number of benzene rings is 3. The van der Waals surface area contributed by atoms with E-state index in [4.69, 9.17) is 14.2 Å². The van der Waals surface area contributed by atoms with Gasteiger partial charge in [0.2, 0.25) is 0 Å². The van der Waals surface area contributed by atoms with Gasteiger partial charge in [-0.3, -0.25) is 9.80 Å². The van der Waals surface area contributed by atoms with Crippen LogP contribution in [0, 0.1) is 0 Å². The van der Waals surface area contributed by atoms with Gasteiger partial charge in [0.05, 0.1) is 27.4 Å². The van der Waals surface area contributed by atoms with Crippen LogP contribution in [0.25, 0.3) is 0 Å². The number of nitrogens with zero attached hydrogens (tertiary/aromatic N) is 2. The minimum absolute atomic E-state index is 0.215. The van der Waals surface area contributed by atoms with E-state index in [0.717, 1.165) is 67.5 Å². The van der Waals surface area contributed by atoms with Crippen molar-refractivity contribution in [2.75, 3.05) is 66.7 Å². The van der Waals surface area contributed by atoms with Gasteiger partial charge in [0.25, 0.3) is 0 Å². The van der Waals surface area contributed by atoms with E-state index in [1.165, 1.54) is 0 Å². The van der Waals surface area contributed by atoms with Gasteiger partial charge in [-0.15, -0.1) is 0 Å². The number of aliphatic hydroxyl groups excluding tert-OH is 1. The lowest BCUT2D eigenvalue weighted by molar-refractivity contribution is -0.00558. The number of hydrogen-bond donors (Lipinski definition) is 1. The standard InChI is InChI=1S/C29H36N2O4/c1-33-27-12-8-25(9-13-27)29(24-6-4-3-5-7-24,26-10-14-28(34-2)15-11-26)35-23-21-31-18-16-30(17-19-31)20-22-32/h3-15,32H,16-23H2,1-2H3. The van der Waals surface area contributed by atoms with Crippen molar-refractivity contribution >= 4 is 0 Å². The highest BCUT2D eigenvalue weighted by atomic mass is 16.5. The molecule has 1 heterocycles. The Kier molecular flexibility index (Phi) is 8.77. The lowest BCUT2D eigenvalue weighted by Gasteiger charge is -2.38. The van der Waals surface area contributed by atoms with E-state index < -0.39 is 5.60 Å². The average Bonchev–Trinajstić information content (AvgIpc) is 2.93. The number of ether oxygens (including phenoxy) is 3. The largest absolute Gasteiger partial charge is 0.497 e. The molecule has 0 saturated carbocycles. The second-order valence-electron chi connectivity index (χ2n) is 8.76. The first kappa shape index (κ1) is 25.2. The fraction of sp³-hybridized carbons (Fsp3) is 0.379. The molecule has 3 aromatic carbocycles. The number of aliphatic hydroxyl groups is 1. The molecule has 1 saturated heterocycles. The molecule has 6 heteroatoms. The molecule has 1 fully saturated rings. The highest BCUT2D eigenvalue weighted by Crippen LogP contribution is 2.41. The fourth-order valence-electron chi connectivity index (χ4n) is 4.78. The Morgan fingerprint density at radius 2 is 1.11 bits per heavy atom. The molecule has 186 valence electrons. The summed E-state index contributed by atoms with van der Waals surface area (Å²) in [6, 6.07) is 26.7. The van der Waals surface area contributed by atoms with Gasteiger partial charge in [0.15, 0.2) is 0 Å². The van der Waals surface area contributed by atoms with E-state index >= 15 is 0 Å². The van der Waals surface area contributed by atoms with Crippen LogP contribution >= 0.6 is 0 Å². The summed E-state index contributed by atoms with van der Waals surface area (Å²) in [6.07, 6.45) is 0. The highest BCUT2D eigenvalue weighted by molar-refractivity contribution is 5.49. The van der Waals surface area contributed by atoms with Gasteiger partial charge in [0.1, 0.15) is 17.1 Å². The van der Waals surface area contributed by atoms with Crippen LogP contribution in [-0.4, -0.2) is 81.6 Å². The van der Waals surface area contributed by atoms with Gasteiger partial charge >= 0.3 is 0 Å². The van der Waals surface area contributed by atoms with Crippen LogP contribution in [0.4, 0.5) is 0 Å². The molecule has 0 unspecified atom stereocenters. The van der Waals surface area contributed by atoms with Crippen molar-refractivity contribution in [1.29, 1.82) is 0 Å². The summed E-state index contributed by atoms with van der Waals surface area (Å²) in [6.45, 7) is 6.28. The lowest BCUT2D eigenvalue weighted by atomic mass is 9.80. The molecule has 1 N–H and O–H groups in total. The summed E-state index contributed by atoms with van der Waals surface area (Å²) in [5.41, 5.74) is 2.38. The van der Waals surface area contributed by atoms with Crippen molar-refractivity contribution in [3.05, 3.63) is 95.6 Å². The van der Waals surface area contributed by atoms with Crippen molar-refractivity contribution in [1.82, 2.24) is 9.80 Å². The summed E-state index contributed by atoms with van der Waals surface area (Å²) in [5.74, 6) is 1.62. The normalized spacial score (nSPS) is 15.2. The van der Waals surface area contributed by atoms with E-state index in [9.17, 15) is 5.11 Å². The number of hydrogen-bond acceptors (Lipinski definition) is 6. The molecule has 6 nitrogen and oxygen atoms in total. The molecule has 0 amide bonds. The summed E-state index contributed by atoms with van der Waals surface area (Å²) in [5, 5.41) is 9.22. The molecule has 35 heavy (non-hydrogen) atoms. The minimum atomic E-state index is -0.779. The monoisotopic (exact) mass is 476 g/mol. The van der Waals surface area contributed by atoms with Crippen LogP contribution in [-0.2, 0) is 10.3 Å². The summed E-state index contributed by atoms with van der Waals surface area (Å²) < 4.78 is 17.8. The predicted molar refractivity (Wildman–Crippen MR) is 138 cm³/mol. The molecule has 0 aromatic heterocycles. The van der Waals surface area contributed by atoms with Crippen molar-refractivity contribution in [3.8, 4) is 11.5 Å². The second-order valence-corrected chi connectivity index (χ2v) is 8.76. The Labute approximate surface area is 208 Å². The Balaban J connectivity index is 1.65. The molecule has 0 radical (unpaired) electrons. The van der Waals surface area contributed by atoms with E-state index in [1.807, 2.05) is 30.3 Å². The SMILES string of the molecule is COc1ccc(C(OCCN2CCN(CCO)CC2)(c2ccccc2)c2ccc(OC)cc2)cc1. The Bertz CT molecular complexity index is 969. The van der Waals surface area contributed by atoms with Crippen LogP contribution in [0.15, 0.2) is 78.9 Å². The summed E-state index contributed by atoms with van der Waals surface area (Å²) >= 11 is 0. The molecule has 0 bridgehead atoms. The van der Waals surface area contributed by atoms with Gasteiger partial charge in [0, 0.05) is 39.3 Å². The zero-order chi connectivity index (χ0) is 24.5. The van der Waals surface area contributed by atoms with Gasteiger partial charge in [-0.05, 0) is 41.0 Å². The molecule has 0 atom stereocenters. The van der Waals surface area contributed by atoms with Crippen LogP contribution in [0.3, 0.4) is 0 Å². The summed E-state index contributed by atoms with van der Waals surface area (Å²) in [4.78, 5) is 4.74. The molecule has 1 aliphatic rings. The zero-order valence-corrected chi connectivity index (χ0v) is 20.7. The lowest BCUT2D eigenvalue weighted by Crippen LogP contribution is -2.48. The molecule has 4 rings (SSSR count).